The first-order chi connectivity index (χ1) is 11.7. The number of thiophene rings is 1. The van der Waals surface area contributed by atoms with Gasteiger partial charge in [0, 0.05) is 21.5 Å². The van der Waals surface area contributed by atoms with Gasteiger partial charge in [0.2, 0.25) is 0 Å². The maximum atomic E-state index is 11.1. The van der Waals surface area contributed by atoms with Crippen LogP contribution in [0.5, 0.6) is 17.2 Å². The first-order valence-electron chi connectivity index (χ1n) is 7.29. The molecule has 122 valence electrons. The van der Waals surface area contributed by atoms with Crippen LogP contribution < -0.4 is 9.47 Å². The van der Waals surface area contributed by atoms with Crippen molar-refractivity contribution in [3.8, 4) is 17.2 Å². The normalized spacial score (nSPS) is 10.9. The van der Waals surface area contributed by atoms with Crippen molar-refractivity contribution >= 4 is 33.5 Å². The third kappa shape index (κ3) is 3.58. The summed E-state index contributed by atoms with van der Waals surface area (Å²) in [7, 11) is 3.01. The van der Waals surface area contributed by atoms with E-state index >= 15 is 0 Å². The number of ether oxygens (including phenoxy) is 3. The molecule has 2 aromatic carbocycles. The van der Waals surface area contributed by atoms with Crippen LogP contribution in [0.3, 0.4) is 0 Å². The van der Waals surface area contributed by atoms with Gasteiger partial charge < -0.3 is 14.2 Å². The van der Waals surface area contributed by atoms with Gasteiger partial charge in [-0.25, -0.2) is 4.79 Å². The molecule has 0 saturated heterocycles. The average Bonchev–Trinajstić information content (AvgIpc) is 3.02. The van der Waals surface area contributed by atoms with Crippen molar-refractivity contribution in [1.29, 1.82) is 0 Å². The molecular weight excluding hydrogens is 324 g/mol. The minimum absolute atomic E-state index is 0.379. The monoisotopic (exact) mass is 340 g/mol. The molecule has 0 unspecified atom stereocenters. The summed E-state index contributed by atoms with van der Waals surface area (Å²) in [5.41, 5.74) is 0.896. The van der Waals surface area contributed by atoms with Crippen LogP contribution in [-0.2, 0) is 9.53 Å². The summed E-state index contributed by atoms with van der Waals surface area (Å²) in [5, 5.41) is 3.03. The minimum atomic E-state index is -0.379. The van der Waals surface area contributed by atoms with E-state index in [1.54, 1.807) is 24.5 Å². The second kappa shape index (κ2) is 7.19. The smallest absolute Gasteiger partial charge is 0.330 e. The summed E-state index contributed by atoms with van der Waals surface area (Å²) in [6.07, 6.45) is 3.08. The van der Waals surface area contributed by atoms with Crippen LogP contribution in [-0.4, -0.2) is 20.2 Å². The van der Waals surface area contributed by atoms with Crippen molar-refractivity contribution in [1.82, 2.24) is 0 Å². The molecular formula is C19H16O4S. The Kier molecular flexibility index (Phi) is 4.82. The van der Waals surface area contributed by atoms with Crippen molar-refractivity contribution in [2.24, 2.45) is 0 Å². The third-order valence-corrected chi connectivity index (χ3v) is 4.39. The number of rotatable bonds is 5. The Morgan fingerprint density at radius 1 is 1.04 bits per heavy atom. The fourth-order valence-electron chi connectivity index (χ4n) is 2.20. The van der Waals surface area contributed by atoms with Crippen molar-refractivity contribution in [2.45, 2.75) is 0 Å². The third-order valence-electron chi connectivity index (χ3n) is 3.47. The van der Waals surface area contributed by atoms with E-state index in [1.807, 2.05) is 47.8 Å². The fourth-order valence-corrected chi connectivity index (χ4v) is 3.09. The molecule has 0 bridgehead atoms. The molecule has 0 atom stereocenters. The molecule has 0 aliphatic heterocycles. The molecule has 0 aliphatic carbocycles. The predicted octanol–water partition coefficient (Wildman–Crippen LogP) is 4.89. The van der Waals surface area contributed by atoms with E-state index in [4.69, 9.17) is 9.47 Å². The van der Waals surface area contributed by atoms with E-state index in [1.165, 1.54) is 13.2 Å². The summed E-state index contributed by atoms with van der Waals surface area (Å²) in [6, 6.07) is 13.4. The molecule has 0 spiro atoms. The molecule has 0 amide bonds. The first-order valence-corrected chi connectivity index (χ1v) is 8.17. The molecule has 0 fully saturated rings. The van der Waals surface area contributed by atoms with Crippen LogP contribution in [0.15, 0.2) is 53.9 Å². The van der Waals surface area contributed by atoms with E-state index in [0.717, 1.165) is 32.9 Å². The predicted molar refractivity (Wildman–Crippen MR) is 95.9 cm³/mol. The van der Waals surface area contributed by atoms with Crippen molar-refractivity contribution in [3.63, 3.8) is 0 Å². The lowest BCUT2D eigenvalue weighted by Crippen LogP contribution is -1.93. The van der Waals surface area contributed by atoms with Gasteiger partial charge in [-0.1, -0.05) is 12.1 Å². The average molecular weight is 340 g/mol. The number of carbonyl (C=O) groups is 1. The number of hydrogen-bond donors (Lipinski definition) is 0. The number of hydrogen-bond acceptors (Lipinski definition) is 5. The maximum Gasteiger partial charge on any atom is 0.330 e. The first kappa shape index (κ1) is 16.1. The molecule has 0 saturated carbocycles. The Morgan fingerprint density at radius 3 is 2.50 bits per heavy atom. The van der Waals surface area contributed by atoms with Gasteiger partial charge in [-0.15, -0.1) is 11.3 Å². The van der Waals surface area contributed by atoms with Gasteiger partial charge >= 0.3 is 5.97 Å². The highest BCUT2D eigenvalue weighted by Crippen LogP contribution is 2.37. The van der Waals surface area contributed by atoms with Gasteiger partial charge in [-0.2, -0.15) is 0 Å². The van der Waals surface area contributed by atoms with Gasteiger partial charge in [-0.05, 0) is 42.0 Å². The molecule has 1 aromatic heterocycles. The molecule has 4 nitrogen and oxygen atoms in total. The zero-order chi connectivity index (χ0) is 16.9. The van der Waals surface area contributed by atoms with Crippen molar-refractivity contribution < 1.29 is 19.0 Å². The fraction of sp³-hybridized carbons (Fsp3) is 0.105. The zero-order valence-corrected chi connectivity index (χ0v) is 14.1. The van der Waals surface area contributed by atoms with E-state index in [9.17, 15) is 4.79 Å². The number of esters is 1. The topological polar surface area (TPSA) is 44.8 Å². The second-order valence-electron chi connectivity index (χ2n) is 4.99. The van der Waals surface area contributed by atoms with E-state index in [0.29, 0.717) is 0 Å². The molecule has 0 aliphatic rings. The van der Waals surface area contributed by atoms with Crippen LogP contribution in [0.1, 0.15) is 5.56 Å². The van der Waals surface area contributed by atoms with Gasteiger partial charge in [-0.3, -0.25) is 0 Å². The number of methoxy groups -OCH3 is 2. The van der Waals surface area contributed by atoms with Gasteiger partial charge in [0.25, 0.3) is 0 Å². The van der Waals surface area contributed by atoms with Crippen LogP contribution >= 0.6 is 11.3 Å². The van der Waals surface area contributed by atoms with Crippen molar-refractivity contribution in [2.75, 3.05) is 14.2 Å². The van der Waals surface area contributed by atoms with Gasteiger partial charge in [0.1, 0.15) is 17.2 Å². The SMILES string of the molecule is COC(=O)C=Cc1ccc(Oc2csc3cc(OC)ccc23)cc1. The summed E-state index contributed by atoms with van der Waals surface area (Å²) in [4.78, 5) is 11.1. The standard InChI is InChI=1S/C19H16O4S/c1-21-15-8-9-16-17(12-24-18(16)11-15)23-14-6-3-13(4-7-14)5-10-19(20)22-2/h3-12H,1-2H3. The summed E-state index contributed by atoms with van der Waals surface area (Å²) >= 11 is 1.61. The summed E-state index contributed by atoms with van der Waals surface area (Å²) in [6.45, 7) is 0. The number of fused-ring (bicyclic) bond motifs is 1. The van der Waals surface area contributed by atoms with Crippen LogP contribution in [0.2, 0.25) is 0 Å². The van der Waals surface area contributed by atoms with Crippen molar-refractivity contribution in [3.05, 3.63) is 59.5 Å². The minimum Gasteiger partial charge on any atom is -0.497 e. The summed E-state index contributed by atoms with van der Waals surface area (Å²) < 4.78 is 16.9. The van der Waals surface area contributed by atoms with Gasteiger partial charge in [0.15, 0.2) is 0 Å². The Bertz CT molecular complexity index is 878. The largest absolute Gasteiger partial charge is 0.497 e. The Balaban J connectivity index is 1.77. The lowest BCUT2D eigenvalue weighted by molar-refractivity contribution is -0.134. The molecule has 0 N–H and O–H groups in total. The Hall–Kier alpha value is -2.79. The Labute approximate surface area is 143 Å². The number of benzene rings is 2. The molecule has 0 radical (unpaired) electrons. The highest BCUT2D eigenvalue weighted by Gasteiger charge is 2.07. The van der Waals surface area contributed by atoms with E-state index < -0.39 is 0 Å². The molecule has 1 heterocycles. The second-order valence-corrected chi connectivity index (χ2v) is 5.90. The Morgan fingerprint density at radius 2 is 1.79 bits per heavy atom. The van der Waals surface area contributed by atoms with Gasteiger partial charge in [0.05, 0.1) is 14.2 Å². The zero-order valence-electron chi connectivity index (χ0n) is 13.3. The van der Waals surface area contributed by atoms with E-state index in [-0.39, 0.29) is 5.97 Å². The maximum absolute atomic E-state index is 11.1. The van der Waals surface area contributed by atoms with Crippen LogP contribution in [0.25, 0.3) is 16.2 Å². The summed E-state index contributed by atoms with van der Waals surface area (Å²) in [5.74, 6) is 2.00. The lowest BCUT2D eigenvalue weighted by atomic mass is 10.2. The van der Waals surface area contributed by atoms with E-state index in [2.05, 4.69) is 4.74 Å². The molecule has 3 rings (SSSR count). The van der Waals surface area contributed by atoms with Crippen LogP contribution in [0.4, 0.5) is 0 Å². The quantitative estimate of drug-likeness (QED) is 0.490. The molecule has 3 aromatic rings. The number of carbonyl (C=O) groups excluding carboxylic acids is 1. The highest BCUT2D eigenvalue weighted by atomic mass is 32.1. The molecule has 5 heteroatoms. The molecule has 24 heavy (non-hydrogen) atoms. The lowest BCUT2D eigenvalue weighted by Gasteiger charge is -2.05. The highest BCUT2D eigenvalue weighted by molar-refractivity contribution is 7.17. The van der Waals surface area contributed by atoms with Crippen LogP contribution in [0, 0.1) is 0 Å².